The second kappa shape index (κ2) is 7.08. The van der Waals surface area contributed by atoms with Crippen LogP contribution in [0.25, 0.3) is 0 Å². The Morgan fingerprint density at radius 1 is 1.18 bits per heavy atom. The largest absolute Gasteiger partial charge is 0.396 e. The minimum absolute atomic E-state index is 0.0592. The summed E-state index contributed by atoms with van der Waals surface area (Å²) in [7, 11) is 0. The fourth-order valence-electron chi connectivity index (χ4n) is 7.28. The summed E-state index contributed by atoms with van der Waals surface area (Å²) in [6.07, 6.45) is 6.14. The molecule has 28 heavy (non-hydrogen) atoms. The molecule has 4 unspecified atom stereocenters. The van der Waals surface area contributed by atoms with Gasteiger partial charge in [0.2, 0.25) is 0 Å². The van der Waals surface area contributed by atoms with E-state index in [1.54, 1.807) is 0 Å². The minimum atomic E-state index is -0.624. The predicted octanol–water partition coefficient (Wildman–Crippen LogP) is 4.54. The molecule has 2 N–H and O–H groups in total. The molecule has 3 rings (SSSR count). The monoisotopic (exact) mass is 394 g/mol. The summed E-state index contributed by atoms with van der Waals surface area (Å²) in [5.74, 6) is -0.186. The van der Waals surface area contributed by atoms with Gasteiger partial charge in [0.05, 0.1) is 19.3 Å². The number of hydrogen-bond acceptors (Lipinski definition) is 4. The first-order valence-electron chi connectivity index (χ1n) is 11.2. The van der Waals surface area contributed by atoms with E-state index < -0.39 is 17.3 Å². The van der Waals surface area contributed by atoms with Crippen molar-refractivity contribution in [2.75, 3.05) is 19.8 Å². The number of rotatable bonds is 6. The van der Waals surface area contributed by atoms with Crippen molar-refractivity contribution in [3.05, 3.63) is 12.7 Å². The van der Waals surface area contributed by atoms with Crippen molar-refractivity contribution in [2.45, 2.75) is 85.5 Å². The van der Waals surface area contributed by atoms with Crippen molar-refractivity contribution >= 4 is 0 Å². The zero-order valence-electron chi connectivity index (χ0n) is 18.9. The van der Waals surface area contributed by atoms with Crippen LogP contribution in [0.15, 0.2) is 12.7 Å². The molecule has 4 heteroatoms. The topological polar surface area (TPSA) is 58.9 Å². The normalized spacial score (nSPS) is 40.9. The van der Waals surface area contributed by atoms with Gasteiger partial charge in [0.15, 0.2) is 5.79 Å². The van der Waals surface area contributed by atoms with Crippen LogP contribution < -0.4 is 0 Å². The summed E-state index contributed by atoms with van der Waals surface area (Å²) in [4.78, 5) is 0. The van der Waals surface area contributed by atoms with Gasteiger partial charge < -0.3 is 19.7 Å². The first-order chi connectivity index (χ1) is 13.0. The molecule has 1 heterocycles. The molecule has 1 aliphatic heterocycles. The van der Waals surface area contributed by atoms with E-state index in [4.69, 9.17) is 9.47 Å². The number of hydrogen-bond donors (Lipinski definition) is 2. The number of aliphatic hydroxyl groups excluding tert-OH is 2. The highest BCUT2D eigenvalue weighted by atomic mass is 16.7. The fourth-order valence-corrected chi connectivity index (χ4v) is 7.28. The fraction of sp³-hybridized carbons (Fsp3) is 0.917. The zero-order valence-corrected chi connectivity index (χ0v) is 18.9. The summed E-state index contributed by atoms with van der Waals surface area (Å²) in [5, 5.41) is 22.3. The van der Waals surface area contributed by atoms with Gasteiger partial charge in [-0.2, -0.15) is 0 Å². The minimum Gasteiger partial charge on any atom is -0.396 e. The Morgan fingerprint density at radius 2 is 1.79 bits per heavy atom. The molecule has 1 spiro atoms. The Labute approximate surface area is 171 Å². The summed E-state index contributed by atoms with van der Waals surface area (Å²) in [5.41, 5.74) is -1.16. The Morgan fingerprint density at radius 3 is 2.29 bits per heavy atom. The van der Waals surface area contributed by atoms with Gasteiger partial charge in [0.25, 0.3) is 0 Å². The van der Waals surface area contributed by atoms with Crippen LogP contribution in [0, 0.1) is 33.5 Å². The van der Waals surface area contributed by atoms with E-state index in [0.29, 0.717) is 19.1 Å². The molecule has 0 amide bonds. The highest BCUT2D eigenvalue weighted by Crippen LogP contribution is 2.73. The van der Waals surface area contributed by atoms with Crippen LogP contribution in [0.2, 0.25) is 0 Å². The lowest BCUT2D eigenvalue weighted by Gasteiger charge is -2.64. The van der Waals surface area contributed by atoms with Crippen molar-refractivity contribution in [1.29, 1.82) is 0 Å². The smallest absolute Gasteiger partial charge is 0.172 e. The molecule has 0 radical (unpaired) electrons. The molecular weight excluding hydrogens is 352 g/mol. The van der Waals surface area contributed by atoms with E-state index >= 15 is 0 Å². The molecule has 0 aromatic rings. The van der Waals surface area contributed by atoms with Crippen molar-refractivity contribution in [3.8, 4) is 0 Å². The highest BCUT2D eigenvalue weighted by Gasteiger charge is 2.73. The van der Waals surface area contributed by atoms with E-state index in [0.717, 1.165) is 32.1 Å². The second-order valence-corrected chi connectivity index (χ2v) is 10.9. The van der Waals surface area contributed by atoms with Crippen molar-refractivity contribution in [1.82, 2.24) is 0 Å². The number of aliphatic hydroxyl groups is 2. The maximum atomic E-state index is 11.7. The van der Waals surface area contributed by atoms with Crippen molar-refractivity contribution in [3.63, 3.8) is 0 Å². The molecule has 4 nitrogen and oxygen atoms in total. The SMILES string of the molecule is C=CC(C)(C)C(O)C(C)(CC)C12CC[C@@H](C)[C@@](C)(CO)C1C1(CC2)OCCO1. The zero-order chi connectivity index (χ0) is 21.0. The first-order valence-corrected chi connectivity index (χ1v) is 11.2. The van der Waals surface area contributed by atoms with Crippen LogP contribution in [0.1, 0.15) is 73.6 Å². The van der Waals surface area contributed by atoms with Gasteiger partial charge in [0, 0.05) is 35.2 Å². The molecule has 162 valence electrons. The molecule has 1 saturated heterocycles. The van der Waals surface area contributed by atoms with Crippen LogP contribution in [-0.2, 0) is 9.47 Å². The summed E-state index contributed by atoms with van der Waals surface area (Å²) in [6.45, 7) is 18.5. The van der Waals surface area contributed by atoms with E-state index in [-0.39, 0.29) is 28.8 Å². The van der Waals surface area contributed by atoms with Gasteiger partial charge in [0.1, 0.15) is 0 Å². The van der Waals surface area contributed by atoms with E-state index in [9.17, 15) is 10.2 Å². The molecule has 0 bridgehead atoms. The van der Waals surface area contributed by atoms with Crippen LogP contribution >= 0.6 is 0 Å². The third-order valence-electron chi connectivity index (χ3n) is 9.54. The molecule has 3 fully saturated rings. The van der Waals surface area contributed by atoms with Crippen LogP contribution in [0.4, 0.5) is 0 Å². The van der Waals surface area contributed by atoms with Gasteiger partial charge in [-0.1, -0.05) is 47.6 Å². The van der Waals surface area contributed by atoms with Gasteiger partial charge in [-0.25, -0.2) is 0 Å². The van der Waals surface area contributed by atoms with Gasteiger partial charge in [-0.05, 0) is 37.0 Å². The van der Waals surface area contributed by atoms with Crippen molar-refractivity contribution in [2.24, 2.45) is 33.5 Å². The van der Waals surface area contributed by atoms with E-state index in [1.165, 1.54) is 0 Å². The van der Waals surface area contributed by atoms with Crippen LogP contribution in [-0.4, -0.2) is 41.9 Å². The summed E-state index contributed by atoms with van der Waals surface area (Å²) < 4.78 is 12.7. The lowest BCUT2D eigenvalue weighted by Crippen LogP contribution is -2.64. The Bertz CT molecular complexity index is 595. The second-order valence-electron chi connectivity index (χ2n) is 10.9. The maximum Gasteiger partial charge on any atom is 0.172 e. The third kappa shape index (κ3) is 2.71. The van der Waals surface area contributed by atoms with Gasteiger partial charge >= 0.3 is 0 Å². The lowest BCUT2D eigenvalue weighted by atomic mass is 9.42. The average Bonchev–Trinajstić information content (AvgIpc) is 3.30. The average molecular weight is 395 g/mol. The number of ether oxygens (including phenoxy) is 2. The highest BCUT2D eigenvalue weighted by molar-refractivity contribution is 5.20. The predicted molar refractivity (Wildman–Crippen MR) is 112 cm³/mol. The molecule has 0 aromatic carbocycles. The molecule has 0 aromatic heterocycles. The summed E-state index contributed by atoms with van der Waals surface area (Å²) in [6, 6.07) is 0. The Balaban J connectivity index is 2.19. The van der Waals surface area contributed by atoms with Crippen LogP contribution in [0.5, 0.6) is 0 Å². The lowest BCUT2D eigenvalue weighted by molar-refractivity contribution is -0.274. The van der Waals surface area contributed by atoms with Crippen molar-refractivity contribution < 1.29 is 19.7 Å². The van der Waals surface area contributed by atoms with Gasteiger partial charge in [-0.3, -0.25) is 0 Å². The molecule has 6 atom stereocenters. The van der Waals surface area contributed by atoms with E-state index in [1.807, 2.05) is 6.08 Å². The Kier molecular flexibility index (Phi) is 5.63. The third-order valence-corrected chi connectivity index (χ3v) is 9.54. The molecule has 2 aliphatic carbocycles. The summed E-state index contributed by atoms with van der Waals surface area (Å²) >= 11 is 0. The van der Waals surface area contributed by atoms with Crippen LogP contribution in [0.3, 0.4) is 0 Å². The Hall–Kier alpha value is -0.420. The quantitative estimate of drug-likeness (QED) is 0.649. The standard InChI is InChI=1S/C24H42O4/c1-8-20(4,5)19(26)22(7,9-2)23-11-10-17(3)21(6,16-25)18(23)24(13-12-23)27-14-15-28-24/h8,17-19,25-26H,1,9-16H2,2-7H3/t17-,18?,19?,21-,22?,23?/m1/s1. The molecule has 2 saturated carbocycles. The molecular formula is C24H42O4. The van der Waals surface area contributed by atoms with E-state index in [2.05, 4.69) is 48.1 Å². The molecule has 3 aliphatic rings. The first kappa shape index (κ1) is 22.3. The number of fused-ring (bicyclic) bond motifs is 2. The van der Waals surface area contributed by atoms with Gasteiger partial charge in [-0.15, -0.1) is 6.58 Å². The maximum absolute atomic E-state index is 11.7.